The van der Waals surface area contributed by atoms with Crippen LogP contribution in [0.2, 0.25) is 0 Å². The lowest BCUT2D eigenvalue weighted by Gasteiger charge is -2.01. The van der Waals surface area contributed by atoms with Crippen molar-refractivity contribution in [2.75, 3.05) is 32.5 Å². The molecule has 1 saturated heterocycles. The van der Waals surface area contributed by atoms with Gasteiger partial charge in [0.15, 0.2) is 6.29 Å². The minimum atomic E-state index is -0.565. The monoisotopic (exact) mass is 512 g/mol. The Hall–Kier alpha value is -3.05. The zero-order chi connectivity index (χ0) is 26.5. The molecule has 3 aromatic rings. The van der Waals surface area contributed by atoms with Crippen molar-refractivity contribution < 1.29 is 22.8 Å². The molecule has 0 amide bonds. The summed E-state index contributed by atoms with van der Waals surface area (Å²) in [5.41, 5.74) is 0.796. The van der Waals surface area contributed by atoms with Gasteiger partial charge in [-0.1, -0.05) is 13.8 Å². The molecular formula is C24H31F3N4O3S. The maximum atomic E-state index is 12.3. The van der Waals surface area contributed by atoms with Gasteiger partial charge in [-0.2, -0.15) is 0 Å². The number of fused-ring (bicyclic) bond motifs is 1. The molecule has 1 aliphatic heterocycles. The topological polar surface area (TPSA) is 84.3 Å². The predicted molar refractivity (Wildman–Crippen MR) is 134 cm³/mol. The van der Waals surface area contributed by atoms with Gasteiger partial charge in [-0.3, -0.25) is 14.2 Å². The van der Waals surface area contributed by atoms with E-state index in [2.05, 4.69) is 10.3 Å². The van der Waals surface area contributed by atoms with Crippen LogP contribution in [0.4, 0.5) is 18.9 Å². The molecule has 7 nitrogen and oxygen atoms in total. The van der Waals surface area contributed by atoms with Crippen LogP contribution in [0.15, 0.2) is 29.3 Å². The van der Waals surface area contributed by atoms with Crippen LogP contribution < -0.4 is 10.9 Å². The van der Waals surface area contributed by atoms with E-state index in [4.69, 9.17) is 0 Å². The van der Waals surface area contributed by atoms with Crippen LogP contribution in [-0.2, 0) is 11.3 Å². The first-order valence-electron chi connectivity index (χ1n) is 11.0. The van der Waals surface area contributed by atoms with Gasteiger partial charge in [0.2, 0.25) is 0 Å². The number of hydrogen-bond donors (Lipinski definition) is 1. The van der Waals surface area contributed by atoms with Gasteiger partial charge in [0, 0.05) is 31.9 Å². The van der Waals surface area contributed by atoms with E-state index in [1.807, 2.05) is 25.8 Å². The Kier molecular flexibility index (Phi) is 12.9. The largest absolute Gasteiger partial charge is 0.388 e. The van der Waals surface area contributed by atoms with Crippen molar-refractivity contribution in [3.05, 3.63) is 57.0 Å². The highest BCUT2D eigenvalue weighted by atomic mass is 32.1. The molecule has 0 bridgehead atoms. The Morgan fingerprint density at radius 1 is 1.20 bits per heavy atom. The van der Waals surface area contributed by atoms with Crippen molar-refractivity contribution in [3.63, 3.8) is 0 Å². The predicted octanol–water partition coefficient (Wildman–Crippen LogP) is 4.47. The zero-order valence-electron chi connectivity index (χ0n) is 20.5. The van der Waals surface area contributed by atoms with Crippen LogP contribution in [0.3, 0.4) is 0 Å². The number of nitrogens with zero attached hydrogens (tertiary/aromatic N) is 3. The first-order chi connectivity index (χ1) is 16.7. The van der Waals surface area contributed by atoms with Crippen molar-refractivity contribution in [1.82, 2.24) is 14.5 Å². The summed E-state index contributed by atoms with van der Waals surface area (Å²) < 4.78 is 38.0. The van der Waals surface area contributed by atoms with E-state index in [-0.39, 0.29) is 12.1 Å². The molecule has 4 rings (SSSR count). The highest BCUT2D eigenvalue weighted by molar-refractivity contribution is 7.20. The second-order valence-corrected chi connectivity index (χ2v) is 8.35. The molecule has 2 aromatic heterocycles. The summed E-state index contributed by atoms with van der Waals surface area (Å²) in [5, 5.41) is 3.06. The van der Waals surface area contributed by atoms with E-state index in [9.17, 15) is 27.6 Å². The van der Waals surface area contributed by atoms with Crippen molar-refractivity contribution in [2.45, 2.75) is 39.9 Å². The van der Waals surface area contributed by atoms with Crippen molar-refractivity contribution in [1.29, 1.82) is 0 Å². The summed E-state index contributed by atoms with van der Waals surface area (Å²) in [6.45, 7) is 7.26. The number of anilines is 1. The molecule has 35 heavy (non-hydrogen) atoms. The number of carbonyl (C=O) groups excluding carboxylic acids is 2. The first kappa shape index (κ1) is 30.0. The fourth-order valence-electron chi connectivity index (χ4n) is 3.08. The lowest BCUT2D eigenvalue weighted by Crippen LogP contribution is -2.21. The van der Waals surface area contributed by atoms with Crippen LogP contribution in [0, 0.1) is 18.6 Å². The number of likely N-dealkylation sites (tertiary alicyclic amines) is 1. The van der Waals surface area contributed by atoms with Gasteiger partial charge >= 0.3 is 0 Å². The van der Waals surface area contributed by atoms with E-state index in [1.165, 1.54) is 34.4 Å². The minimum Gasteiger partial charge on any atom is -0.388 e. The Balaban J connectivity index is 0.000000276. The molecule has 1 atom stereocenters. The fraction of sp³-hybridized carbons (Fsp3) is 0.417. The number of nitrogens with one attached hydrogen (secondary N) is 1. The highest BCUT2D eigenvalue weighted by Crippen LogP contribution is 2.24. The highest BCUT2D eigenvalue weighted by Gasteiger charge is 2.17. The summed E-state index contributed by atoms with van der Waals surface area (Å²) in [6.07, 6.45) is 2.85. The second kappa shape index (κ2) is 15.0. The van der Waals surface area contributed by atoms with Crippen molar-refractivity contribution in [3.8, 4) is 0 Å². The average molecular weight is 513 g/mol. The molecule has 0 radical (unpaired) electrons. The first-order valence-corrected chi connectivity index (χ1v) is 11.9. The normalized spacial score (nSPS) is 14.6. The molecule has 3 heterocycles. The van der Waals surface area contributed by atoms with E-state index < -0.39 is 17.8 Å². The Morgan fingerprint density at radius 3 is 2.26 bits per heavy atom. The van der Waals surface area contributed by atoms with Crippen LogP contribution in [0.1, 0.15) is 35.5 Å². The quantitative estimate of drug-likeness (QED) is 0.520. The maximum Gasteiger partial charge on any atom is 0.262 e. The second-order valence-electron chi connectivity index (χ2n) is 7.31. The molecule has 1 aliphatic rings. The number of halogens is 3. The molecule has 1 unspecified atom stereocenters. The fourth-order valence-corrected chi connectivity index (χ4v) is 4.03. The van der Waals surface area contributed by atoms with Crippen molar-refractivity contribution >= 4 is 39.8 Å². The third-order valence-electron chi connectivity index (χ3n) is 4.82. The smallest absolute Gasteiger partial charge is 0.262 e. The SMILES string of the molecule is CC.CN1CCC(F)C1.CNc1cc(F)cc(F)c1.Cc1c(C=O)sc2ncn(CC=O)c(=O)c12. The number of carbonyl (C=O) groups is 2. The van der Waals surface area contributed by atoms with Crippen LogP contribution in [0.25, 0.3) is 10.2 Å². The van der Waals surface area contributed by atoms with E-state index >= 15 is 0 Å². The molecule has 1 fully saturated rings. The summed E-state index contributed by atoms with van der Waals surface area (Å²) in [5.74, 6) is -1.13. The number of alkyl halides is 1. The third-order valence-corrected chi connectivity index (χ3v) is 5.94. The maximum absolute atomic E-state index is 12.3. The molecule has 0 spiro atoms. The van der Waals surface area contributed by atoms with Gasteiger partial charge < -0.3 is 15.0 Å². The molecular weight excluding hydrogens is 481 g/mol. The summed E-state index contributed by atoms with van der Waals surface area (Å²) in [6, 6.07) is 3.28. The number of rotatable bonds is 4. The molecule has 1 N–H and O–H groups in total. The Morgan fingerprint density at radius 2 is 1.83 bits per heavy atom. The molecule has 0 aliphatic carbocycles. The Labute approximate surface area is 206 Å². The molecule has 11 heteroatoms. The number of hydrogen-bond acceptors (Lipinski definition) is 7. The van der Waals surface area contributed by atoms with Crippen LogP contribution >= 0.6 is 11.3 Å². The zero-order valence-corrected chi connectivity index (χ0v) is 21.3. The summed E-state index contributed by atoms with van der Waals surface area (Å²) in [4.78, 5) is 40.1. The summed E-state index contributed by atoms with van der Waals surface area (Å²) >= 11 is 1.18. The standard InChI is InChI=1S/C10H8N2O3S.C7H7F2N.C5H10FN.C2H6/c1-6-7(4-14)16-9-8(6)10(15)12(2-3-13)5-11-9;1-10-7-3-5(8)2-6(9)4-7;1-7-3-2-5(6)4-7;1-2/h3-5H,2H2,1H3;2-4,10H,1H3;5H,2-4H2,1H3;1-2H3. The number of thiophene rings is 1. The number of aldehydes is 2. The lowest BCUT2D eigenvalue weighted by atomic mass is 10.2. The van der Waals surface area contributed by atoms with Gasteiger partial charge in [0.05, 0.1) is 23.1 Å². The third kappa shape index (κ3) is 8.91. The van der Waals surface area contributed by atoms with E-state index in [1.54, 1.807) is 14.0 Å². The number of aromatic nitrogens is 2. The molecule has 0 saturated carbocycles. The number of benzene rings is 1. The molecule has 1 aromatic carbocycles. The van der Waals surface area contributed by atoms with Gasteiger partial charge in [0.25, 0.3) is 5.56 Å². The van der Waals surface area contributed by atoms with Crippen LogP contribution in [-0.4, -0.2) is 60.4 Å². The minimum absolute atomic E-state index is 0.0204. The average Bonchev–Trinajstić information content (AvgIpc) is 3.38. The van der Waals surface area contributed by atoms with Gasteiger partial charge in [-0.15, -0.1) is 11.3 Å². The van der Waals surface area contributed by atoms with Gasteiger partial charge in [0.1, 0.15) is 28.9 Å². The van der Waals surface area contributed by atoms with E-state index in [0.29, 0.717) is 45.5 Å². The van der Waals surface area contributed by atoms with Gasteiger partial charge in [-0.25, -0.2) is 18.2 Å². The summed E-state index contributed by atoms with van der Waals surface area (Å²) in [7, 11) is 3.55. The van der Waals surface area contributed by atoms with Gasteiger partial charge in [-0.05, 0) is 38.1 Å². The molecule has 192 valence electrons. The lowest BCUT2D eigenvalue weighted by molar-refractivity contribution is -0.108. The number of aryl methyl sites for hydroxylation is 1. The Bertz CT molecular complexity index is 1140. The van der Waals surface area contributed by atoms with Crippen LogP contribution in [0.5, 0.6) is 0 Å². The van der Waals surface area contributed by atoms with Crippen molar-refractivity contribution in [2.24, 2.45) is 0 Å². The van der Waals surface area contributed by atoms with E-state index in [0.717, 1.165) is 19.0 Å².